The van der Waals surface area contributed by atoms with Crippen LogP contribution in [0, 0.1) is 5.95 Å². The van der Waals surface area contributed by atoms with Gasteiger partial charge >= 0.3 is 6.09 Å². The maximum absolute atomic E-state index is 13.9. The second kappa shape index (κ2) is 6.15. The SMILES string of the molecule is CC(C)(C)OC(=O)N1CCNC(c2c(Cl)ccnc2F)C1. The topological polar surface area (TPSA) is 54.5 Å². The number of halogens is 2. The summed E-state index contributed by atoms with van der Waals surface area (Å²) in [5.41, 5.74) is -0.276. The highest BCUT2D eigenvalue weighted by molar-refractivity contribution is 6.31. The van der Waals surface area contributed by atoms with E-state index < -0.39 is 23.7 Å². The van der Waals surface area contributed by atoms with Crippen LogP contribution in [0.1, 0.15) is 32.4 Å². The number of hydrogen-bond acceptors (Lipinski definition) is 4. The molecule has 1 saturated heterocycles. The minimum atomic E-state index is -0.619. The molecule has 1 N–H and O–H groups in total. The lowest BCUT2D eigenvalue weighted by atomic mass is 10.1. The smallest absolute Gasteiger partial charge is 0.410 e. The van der Waals surface area contributed by atoms with E-state index in [4.69, 9.17) is 16.3 Å². The van der Waals surface area contributed by atoms with Gasteiger partial charge in [-0.15, -0.1) is 0 Å². The van der Waals surface area contributed by atoms with Crippen molar-refractivity contribution >= 4 is 17.7 Å². The van der Waals surface area contributed by atoms with E-state index in [9.17, 15) is 9.18 Å². The molecule has 0 radical (unpaired) electrons. The molecule has 1 aliphatic rings. The zero-order chi connectivity index (χ0) is 15.6. The van der Waals surface area contributed by atoms with Crippen LogP contribution in [-0.4, -0.2) is 41.2 Å². The Morgan fingerprint density at radius 1 is 1.57 bits per heavy atom. The van der Waals surface area contributed by atoms with Crippen molar-refractivity contribution in [3.8, 4) is 0 Å². The van der Waals surface area contributed by atoms with Gasteiger partial charge < -0.3 is 15.0 Å². The Kier molecular flexibility index (Phi) is 4.68. The van der Waals surface area contributed by atoms with E-state index >= 15 is 0 Å². The summed E-state index contributed by atoms with van der Waals surface area (Å²) in [7, 11) is 0. The molecule has 1 aliphatic heterocycles. The molecular formula is C14H19ClFN3O2. The molecule has 116 valence electrons. The number of piperazine rings is 1. The van der Waals surface area contributed by atoms with Crippen molar-refractivity contribution in [2.45, 2.75) is 32.4 Å². The first kappa shape index (κ1) is 16.0. The molecule has 1 unspecified atom stereocenters. The highest BCUT2D eigenvalue weighted by Crippen LogP contribution is 2.27. The molecule has 7 heteroatoms. The van der Waals surface area contributed by atoms with Crippen LogP contribution in [0.4, 0.5) is 9.18 Å². The van der Waals surface area contributed by atoms with E-state index in [1.807, 2.05) is 20.8 Å². The second-order valence-corrected chi connectivity index (χ2v) is 6.34. The number of rotatable bonds is 1. The van der Waals surface area contributed by atoms with Crippen LogP contribution in [0.15, 0.2) is 12.3 Å². The fourth-order valence-corrected chi connectivity index (χ4v) is 2.44. The van der Waals surface area contributed by atoms with Gasteiger partial charge in [0.15, 0.2) is 0 Å². The van der Waals surface area contributed by atoms with Gasteiger partial charge in [-0.3, -0.25) is 0 Å². The van der Waals surface area contributed by atoms with Crippen molar-refractivity contribution in [1.82, 2.24) is 15.2 Å². The first-order valence-corrected chi connectivity index (χ1v) is 7.17. The number of carbonyl (C=O) groups excluding carboxylic acids is 1. The molecule has 0 spiro atoms. The number of amides is 1. The normalized spacial score (nSPS) is 19.5. The van der Waals surface area contributed by atoms with E-state index in [2.05, 4.69) is 10.3 Å². The average Bonchev–Trinajstić information content (AvgIpc) is 2.37. The van der Waals surface area contributed by atoms with Gasteiger partial charge in [-0.25, -0.2) is 9.78 Å². The minimum absolute atomic E-state index is 0.285. The summed E-state index contributed by atoms with van der Waals surface area (Å²) in [4.78, 5) is 17.3. The van der Waals surface area contributed by atoms with Crippen molar-refractivity contribution < 1.29 is 13.9 Å². The van der Waals surface area contributed by atoms with Crippen LogP contribution >= 0.6 is 11.6 Å². The lowest BCUT2D eigenvalue weighted by Gasteiger charge is -2.35. The maximum atomic E-state index is 13.9. The summed E-state index contributed by atoms with van der Waals surface area (Å²) < 4.78 is 19.2. The molecule has 5 nitrogen and oxygen atoms in total. The molecular weight excluding hydrogens is 297 g/mol. The number of hydrogen-bond donors (Lipinski definition) is 1. The van der Waals surface area contributed by atoms with E-state index in [-0.39, 0.29) is 12.1 Å². The lowest BCUT2D eigenvalue weighted by molar-refractivity contribution is 0.0193. The van der Waals surface area contributed by atoms with Crippen molar-refractivity contribution in [2.75, 3.05) is 19.6 Å². The molecule has 0 bridgehead atoms. The Hall–Kier alpha value is -1.40. The predicted octanol–water partition coefficient (Wildman–Crippen LogP) is 2.76. The first-order chi connectivity index (χ1) is 9.78. The minimum Gasteiger partial charge on any atom is -0.444 e. The van der Waals surface area contributed by atoms with Crippen LogP contribution in [0.3, 0.4) is 0 Å². The molecule has 0 saturated carbocycles. The molecule has 0 aliphatic carbocycles. The molecule has 21 heavy (non-hydrogen) atoms. The summed E-state index contributed by atoms with van der Waals surface area (Å²) in [6.07, 6.45) is 0.907. The number of pyridine rings is 1. The summed E-state index contributed by atoms with van der Waals surface area (Å²) in [6, 6.07) is 1.14. The second-order valence-electron chi connectivity index (χ2n) is 5.93. The van der Waals surface area contributed by atoms with Crippen LogP contribution < -0.4 is 5.32 Å². The number of ether oxygens (including phenoxy) is 1. The summed E-state index contributed by atoms with van der Waals surface area (Å²) in [6.45, 7) is 6.75. The van der Waals surface area contributed by atoms with Crippen molar-refractivity contribution in [3.05, 3.63) is 28.8 Å². The lowest BCUT2D eigenvalue weighted by Crippen LogP contribution is -2.50. The maximum Gasteiger partial charge on any atom is 0.410 e. The van der Waals surface area contributed by atoms with Gasteiger partial charge in [-0.2, -0.15) is 4.39 Å². The quantitative estimate of drug-likeness (QED) is 0.810. The van der Waals surface area contributed by atoms with Gasteiger partial charge in [0.25, 0.3) is 0 Å². The highest BCUT2D eigenvalue weighted by Gasteiger charge is 2.30. The average molecular weight is 316 g/mol. The fraction of sp³-hybridized carbons (Fsp3) is 0.571. The van der Waals surface area contributed by atoms with Gasteiger partial charge in [0.1, 0.15) is 5.60 Å². The van der Waals surface area contributed by atoms with Crippen LogP contribution in [-0.2, 0) is 4.74 Å². The Bertz CT molecular complexity index is 513. The van der Waals surface area contributed by atoms with Gasteiger partial charge in [-0.05, 0) is 26.8 Å². The van der Waals surface area contributed by atoms with Crippen LogP contribution in [0.5, 0.6) is 0 Å². The molecule has 2 rings (SSSR count). The standard InChI is InChI=1S/C14H19ClFN3O2/c1-14(2,3)21-13(20)19-7-6-17-10(8-19)11-9(15)4-5-18-12(11)16/h4-5,10,17H,6-8H2,1-3H3. The van der Waals surface area contributed by atoms with E-state index in [1.165, 1.54) is 12.3 Å². The largest absolute Gasteiger partial charge is 0.444 e. The zero-order valence-electron chi connectivity index (χ0n) is 12.3. The third-order valence-corrected chi connectivity index (χ3v) is 3.39. The summed E-state index contributed by atoms with van der Waals surface area (Å²) in [5.74, 6) is -0.619. The van der Waals surface area contributed by atoms with Crippen LogP contribution in [0.25, 0.3) is 0 Å². The van der Waals surface area contributed by atoms with Crippen LogP contribution in [0.2, 0.25) is 5.02 Å². The third kappa shape index (κ3) is 4.04. The molecule has 1 fully saturated rings. The van der Waals surface area contributed by atoms with Gasteiger partial charge in [0.2, 0.25) is 5.95 Å². The molecule has 1 aromatic rings. The monoisotopic (exact) mass is 315 g/mol. The molecule has 1 amide bonds. The number of carbonyl (C=O) groups is 1. The Morgan fingerprint density at radius 2 is 2.29 bits per heavy atom. The molecule has 1 aromatic heterocycles. The Balaban J connectivity index is 2.13. The molecule has 0 aromatic carbocycles. The first-order valence-electron chi connectivity index (χ1n) is 6.79. The number of nitrogens with zero attached hydrogens (tertiary/aromatic N) is 2. The van der Waals surface area contributed by atoms with E-state index in [0.717, 1.165) is 0 Å². The summed E-state index contributed by atoms with van der Waals surface area (Å²) >= 11 is 6.04. The fourth-order valence-electron chi connectivity index (χ4n) is 2.17. The summed E-state index contributed by atoms with van der Waals surface area (Å²) in [5, 5.41) is 3.45. The van der Waals surface area contributed by atoms with Crippen molar-refractivity contribution in [2.24, 2.45) is 0 Å². The third-order valence-electron chi connectivity index (χ3n) is 3.06. The Morgan fingerprint density at radius 3 is 2.90 bits per heavy atom. The van der Waals surface area contributed by atoms with Gasteiger partial charge in [0.05, 0.1) is 11.1 Å². The van der Waals surface area contributed by atoms with E-state index in [1.54, 1.807) is 4.90 Å². The predicted molar refractivity (Wildman–Crippen MR) is 77.8 cm³/mol. The van der Waals surface area contributed by atoms with Crippen molar-refractivity contribution in [1.29, 1.82) is 0 Å². The van der Waals surface area contributed by atoms with Gasteiger partial charge in [-0.1, -0.05) is 11.6 Å². The molecule has 1 atom stereocenters. The number of aromatic nitrogens is 1. The highest BCUT2D eigenvalue weighted by atomic mass is 35.5. The number of nitrogens with one attached hydrogen (secondary N) is 1. The van der Waals surface area contributed by atoms with E-state index in [0.29, 0.717) is 18.1 Å². The Labute approximate surface area is 128 Å². The zero-order valence-corrected chi connectivity index (χ0v) is 13.1. The molecule has 2 heterocycles. The van der Waals surface area contributed by atoms with Gasteiger partial charge in [0, 0.05) is 31.4 Å². The van der Waals surface area contributed by atoms with Crippen molar-refractivity contribution in [3.63, 3.8) is 0 Å².